The van der Waals surface area contributed by atoms with Crippen molar-refractivity contribution >= 4 is 27.6 Å². The van der Waals surface area contributed by atoms with Crippen LogP contribution in [-0.4, -0.2) is 71.6 Å². The van der Waals surface area contributed by atoms with E-state index in [0.717, 1.165) is 33.6 Å². The fourth-order valence-corrected chi connectivity index (χ4v) is 4.37. The highest BCUT2D eigenvalue weighted by atomic mass is 32.1. The van der Waals surface area contributed by atoms with Crippen LogP contribution >= 0.6 is 11.3 Å². The van der Waals surface area contributed by atoms with E-state index >= 15 is 0 Å². The van der Waals surface area contributed by atoms with Crippen molar-refractivity contribution in [3.8, 4) is 0 Å². The number of carbonyl (C=O) groups is 1. The Bertz CT molecular complexity index is 839. The molecule has 2 amide bonds. The first-order valence-electron chi connectivity index (χ1n) is 8.49. The van der Waals surface area contributed by atoms with Crippen molar-refractivity contribution in [3.05, 3.63) is 27.1 Å². The van der Waals surface area contributed by atoms with E-state index in [2.05, 4.69) is 9.88 Å². The second-order valence-electron chi connectivity index (χ2n) is 6.93. The second kappa shape index (κ2) is 7.13. The van der Waals surface area contributed by atoms with Crippen LogP contribution in [0.2, 0.25) is 0 Å². The number of amides is 2. The van der Waals surface area contributed by atoms with Crippen LogP contribution in [-0.2, 0) is 19.5 Å². The molecule has 0 fully saturated rings. The predicted molar refractivity (Wildman–Crippen MR) is 100 cm³/mol. The molecule has 0 radical (unpaired) electrons. The molecule has 0 spiro atoms. The van der Waals surface area contributed by atoms with E-state index in [1.54, 1.807) is 29.9 Å². The number of fused-ring (bicyclic) bond motifs is 3. The van der Waals surface area contributed by atoms with Crippen molar-refractivity contribution in [2.24, 2.45) is 0 Å². The lowest BCUT2D eigenvalue weighted by molar-refractivity contribution is 0.166. The molecule has 0 bridgehead atoms. The molecular weight excluding hydrogens is 338 g/mol. The Labute approximate surface area is 151 Å². The largest absolute Gasteiger partial charge is 0.331 e. The summed E-state index contributed by atoms with van der Waals surface area (Å²) < 4.78 is 1.72. The second-order valence-corrected chi connectivity index (χ2v) is 8.02. The Morgan fingerprint density at radius 1 is 1.32 bits per heavy atom. The van der Waals surface area contributed by atoms with E-state index < -0.39 is 0 Å². The molecule has 0 saturated carbocycles. The fraction of sp³-hybridized carbons (Fsp3) is 0.588. The Morgan fingerprint density at radius 3 is 2.76 bits per heavy atom. The van der Waals surface area contributed by atoms with Crippen LogP contribution in [0.5, 0.6) is 0 Å². The zero-order valence-electron chi connectivity index (χ0n) is 15.3. The number of hydrogen-bond donors (Lipinski definition) is 0. The normalized spacial score (nSPS) is 14.2. The summed E-state index contributed by atoms with van der Waals surface area (Å²) in [5, 5.41) is 0.754. The van der Waals surface area contributed by atoms with Gasteiger partial charge in [-0.25, -0.2) is 9.78 Å². The third kappa shape index (κ3) is 3.55. The third-order valence-corrected chi connectivity index (χ3v) is 5.61. The third-order valence-electron chi connectivity index (χ3n) is 4.48. The predicted octanol–water partition coefficient (Wildman–Crippen LogP) is 1.45. The average molecular weight is 363 g/mol. The van der Waals surface area contributed by atoms with Gasteiger partial charge in [0.1, 0.15) is 4.83 Å². The highest BCUT2D eigenvalue weighted by Gasteiger charge is 2.27. The first kappa shape index (κ1) is 17.9. The van der Waals surface area contributed by atoms with Crippen LogP contribution in [0.25, 0.3) is 10.2 Å². The number of urea groups is 1. The van der Waals surface area contributed by atoms with Gasteiger partial charge in [-0.05, 0) is 39.0 Å². The standard InChI is InChI=1S/C17H25N5O2S/c1-19(2)7-5-8-22-11-18-15-14(16(22)23)12-6-9-21(10-13(12)25-15)17(24)20(3)4/h11H,5-10H2,1-4H3. The molecule has 0 atom stereocenters. The molecule has 3 heterocycles. The molecule has 25 heavy (non-hydrogen) atoms. The molecule has 0 saturated heterocycles. The first-order chi connectivity index (χ1) is 11.9. The molecule has 2 aromatic rings. The lowest BCUT2D eigenvalue weighted by atomic mass is 10.1. The first-order valence-corrected chi connectivity index (χ1v) is 9.30. The van der Waals surface area contributed by atoms with E-state index in [9.17, 15) is 9.59 Å². The smallest absolute Gasteiger partial charge is 0.319 e. The van der Waals surface area contributed by atoms with Crippen molar-refractivity contribution in [2.75, 3.05) is 41.3 Å². The monoisotopic (exact) mass is 363 g/mol. The van der Waals surface area contributed by atoms with Gasteiger partial charge in [-0.2, -0.15) is 0 Å². The molecule has 7 nitrogen and oxygen atoms in total. The van der Waals surface area contributed by atoms with Gasteiger partial charge >= 0.3 is 6.03 Å². The topological polar surface area (TPSA) is 61.7 Å². The van der Waals surface area contributed by atoms with Crippen LogP contribution in [0, 0.1) is 0 Å². The highest BCUT2D eigenvalue weighted by Crippen LogP contribution is 2.32. The zero-order chi connectivity index (χ0) is 18.1. The van der Waals surface area contributed by atoms with Gasteiger partial charge in [0.2, 0.25) is 0 Å². The van der Waals surface area contributed by atoms with E-state index in [-0.39, 0.29) is 11.6 Å². The SMILES string of the molecule is CN(C)CCCn1cnc2sc3c(c2c1=O)CCN(C(=O)N(C)C)C3. The number of aryl methyl sites for hydroxylation is 1. The molecule has 136 valence electrons. The van der Waals surface area contributed by atoms with Crippen LogP contribution in [0.1, 0.15) is 16.9 Å². The maximum Gasteiger partial charge on any atom is 0.319 e. The van der Waals surface area contributed by atoms with Crippen molar-refractivity contribution in [2.45, 2.75) is 25.9 Å². The van der Waals surface area contributed by atoms with Crippen LogP contribution in [0.4, 0.5) is 4.79 Å². The molecule has 8 heteroatoms. The van der Waals surface area contributed by atoms with Gasteiger partial charge in [0.15, 0.2) is 0 Å². The zero-order valence-corrected chi connectivity index (χ0v) is 16.1. The number of thiophene rings is 1. The minimum atomic E-state index is 0.0113. The lowest BCUT2D eigenvalue weighted by Gasteiger charge is -2.29. The Balaban J connectivity index is 1.89. The molecule has 0 unspecified atom stereocenters. The Kier molecular flexibility index (Phi) is 5.10. The molecule has 0 aliphatic carbocycles. The minimum Gasteiger partial charge on any atom is -0.331 e. The number of aromatic nitrogens is 2. The van der Waals surface area contributed by atoms with E-state index in [0.29, 0.717) is 26.1 Å². The molecule has 1 aliphatic rings. The summed E-state index contributed by atoms with van der Waals surface area (Å²) in [4.78, 5) is 37.0. The molecule has 2 aromatic heterocycles. The summed E-state index contributed by atoms with van der Waals surface area (Å²) in [6.07, 6.45) is 3.29. The minimum absolute atomic E-state index is 0.0113. The molecule has 1 aliphatic heterocycles. The number of nitrogens with zero attached hydrogens (tertiary/aromatic N) is 5. The van der Waals surface area contributed by atoms with Gasteiger partial charge in [-0.3, -0.25) is 9.36 Å². The van der Waals surface area contributed by atoms with Gasteiger partial charge in [0.05, 0.1) is 18.3 Å². The molecular formula is C17H25N5O2S. The van der Waals surface area contributed by atoms with E-state index in [1.165, 1.54) is 11.3 Å². The summed E-state index contributed by atoms with van der Waals surface area (Å²) >= 11 is 1.54. The van der Waals surface area contributed by atoms with Crippen molar-refractivity contribution in [1.29, 1.82) is 0 Å². The lowest BCUT2D eigenvalue weighted by Crippen LogP contribution is -2.41. The summed E-state index contributed by atoms with van der Waals surface area (Å²) in [7, 11) is 7.58. The summed E-state index contributed by atoms with van der Waals surface area (Å²) in [5.74, 6) is 0. The van der Waals surface area contributed by atoms with Gasteiger partial charge in [0.25, 0.3) is 5.56 Å². The number of carbonyl (C=O) groups excluding carboxylic acids is 1. The van der Waals surface area contributed by atoms with Gasteiger partial charge < -0.3 is 14.7 Å². The van der Waals surface area contributed by atoms with Crippen LogP contribution < -0.4 is 5.56 Å². The molecule has 3 rings (SSSR count). The van der Waals surface area contributed by atoms with E-state index in [1.807, 2.05) is 19.0 Å². The Hall–Kier alpha value is -1.93. The Morgan fingerprint density at radius 2 is 2.08 bits per heavy atom. The fourth-order valence-electron chi connectivity index (χ4n) is 3.18. The van der Waals surface area contributed by atoms with Crippen LogP contribution in [0.15, 0.2) is 11.1 Å². The highest BCUT2D eigenvalue weighted by molar-refractivity contribution is 7.18. The van der Waals surface area contributed by atoms with E-state index in [4.69, 9.17) is 0 Å². The maximum atomic E-state index is 12.9. The molecule has 0 N–H and O–H groups in total. The molecule has 0 aromatic carbocycles. The van der Waals surface area contributed by atoms with Gasteiger partial charge in [-0.15, -0.1) is 11.3 Å². The van der Waals surface area contributed by atoms with Gasteiger partial charge in [0, 0.05) is 32.1 Å². The van der Waals surface area contributed by atoms with Crippen LogP contribution in [0.3, 0.4) is 0 Å². The van der Waals surface area contributed by atoms with Crippen molar-refractivity contribution in [1.82, 2.24) is 24.3 Å². The number of rotatable bonds is 4. The summed E-state index contributed by atoms with van der Waals surface area (Å²) in [6, 6.07) is 0.0113. The number of hydrogen-bond acceptors (Lipinski definition) is 5. The quantitative estimate of drug-likeness (QED) is 0.825. The van der Waals surface area contributed by atoms with Gasteiger partial charge in [-0.1, -0.05) is 0 Å². The summed E-state index contributed by atoms with van der Waals surface area (Å²) in [6.45, 7) is 2.82. The maximum absolute atomic E-state index is 12.9. The van der Waals surface area contributed by atoms with Crippen molar-refractivity contribution < 1.29 is 4.79 Å². The van der Waals surface area contributed by atoms with Crippen molar-refractivity contribution in [3.63, 3.8) is 0 Å². The summed E-state index contributed by atoms with van der Waals surface area (Å²) in [5.41, 5.74) is 1.14. The average Bonchev–Trinajstić information content (AvgIpc) is 2.94.